The zero-order valence-electron chi connectivity index (χ0n) is 7.42. The number of carbonyl (C=O) groups is 1. The normalized spacial score (nSPS) is 11.8. The molecule has 0 aromatic heterocycles. The Morgan fingerprint density at radius 1 is 1.42 bits per heavy atom. The summed E-state index contributed by atoms with van der Waals surface area (Å²) in [4.78, 5) is 10.3. The van der Waals surface area contributed by atoms with Crippen molar-refractivity contribution in [2.45, 2.75) is 44.3 Å². The Hall–Kier alpha value is -0.220. The number of unbranched alkanes of at least 4 members (excludes halogenated alkanes) is 3. The molecule has 3 nitrogen and oxygen atoms in total. The molecular weight excluding hydrogens is 176 g/mol. The van der Waals surface area contributed by atoms with Crippen LogP contribution in [-0.2, 0) is 4.79 Å². The number of thiol groups is 1. The highest BCUT2D eigenvalue weighted by Crippen LogP contribution is 2.09. The monoisotopic (exact) mass is 194 g/mol. The molecule has 0 aromatic rings. The van der Waals surface area contributed by atoms with Gasteiger partial charge in [0, 0.05) is 0 Å². The second kappa shape index (κ2) is 8.87. The molecule has 0 bridgehead atoms. The van der Waals surface area contributed by atoms with Gasteiger partial charge in [-0.3, -0.25) is 4.79 Å². The predicted octanol–water partition coefficient (Wildman–Crippen LogP) is 1.52. The number of hydrogen-bond acceptors (Lipinski definition) is 2. The van der Waals surface area contributed by atoms with Crippen LogP contribution in [-0.4, -0.2) is 21.8 Å². The fraction of sp³-hybridized carbons (Fsp3) is 0.875. The first-order valence-electron chi connectivity index (χ1n) is 4.09. The van der Waals surface area contributed by atoms with E-state index in [0.29, 0.717) is 6.42 Å². The average molecular weight is 194 g/mol. The van der Waals surface area contributed by atoms with Crippen LogP contribution in [0.1, 0.15) is 39.0 Å². The Balaban J connectivity index is 0. The van der Waals surface area contributed by atoms with Crippen molar-refractivity contribution in [2.24, 2.45) is 0 Å². The maximum Gasteiger partial charge on any atom is 0.316 e. The summed E-state index contributed by atoms with van der Waals surface area (Å²) in [6.07, 6.45) is 5.18. The molecule has 0 fully saturated rings. The van der Waals surface area contributed by atoms with Gasteiger partial charge >= 0.3 is 5.97 Å². The Morgan fingerprint density at radius 3 is 2.42 bits per heavy atom. The zero-order valence-corrected chi connectivity index (χ0v) is 8.31. The smallest absolute Gasteiger partial charge is 0.316 e. The standard InChI is InChI=1S/C8H16O2S.H2O/c1-2-3-4-5-6-7(11)8(9)10;/h7,11H,2-6H2,1H3,(H,9,10);1H2. The number of aliphatic carboxylic acids is 1. The Bertz CT molecular complexity index is 117. The van der Waals surface area contributed by atoms with Crippen molar-refractivity contribution in [3.63, 3.8) is 0 Å². The van der Waals surface area contributed by atoms with E-state index >= 15 is 0 Å². The van der Waals surface area contributed by atoms with E-state index in [4.69, 9.17) is 5.11 Å². The molecule has 0 aliphatic rings. The second-order valence-corrected chi connectivity index (χ2v) is 3.33. The molecule has 12 heavy (non-hydrogen) atoms. The van der Waals surface area contributed by atoms with Crippen molar-refractivity contribution in [1.29, 1.82) is 0 Å². The van der Waals surface area contributed by atoms with Gasteiger partial charge in [0.1, 0.15) is 0 Å². The third-order valence-electron chi connectivity index (χ3n) is 1.62. The van der Waals surface area contributed by atoms with Crippen molar-refractivity contribution in [3.8, 4) is 0 Å². The van der Waals surface area contributed by atoms with Gasteiger partial charge in [-0.1, -0.05) is 32.6 Å². The minimum Gasteiger partial charge on any atom is -0.480 e. The molecule has 0 aliphatic heterocycles. The van der Waals surface area contributed by atoms with Crippen molar-refractivity contribution in [3.05, 3.63) is 0 Å². The summed E-state index contributed by atoms with van der Waals surface area (Å²) in [6, 6.07) is 0. The third kappa shape index (κ3) is 7.88. The van der Waals surface area contributed by atoms with Crippen LogP contribution in [0.15, 0.2) is 0 Å². The molecule has 0 saturated heterocycles. The summed E-state index contributed by atoms with van der Waals surface area (Å²) < 4.78 is 0. The van der Waals surface area contributed by atoms with Crippen LogP contribution in [0.2, 0.25) is 0 Å². The van der Waals surface area contributed by atoms with Gasteiger partial charge in [-0.05, 0) is 6.42 Å². The maximum atomic E-state index is 10.3. The fourth-order valence-corrected chi connectivity index (χ4v) is 1.07. The van der Waals surface area contributed by atoms with Crippen molar-refractivity contribution < 1.29 is 15.4 Å². The van der Waals surface area contributed by atoms with Crippen molar-refractivity contribution >= 4 is 18.6 Å². The zero-order chi connectivity index (χ0) is 8.69. The van der Waals surface area contributed by atoms with Crippen LogP contribution in [0.4, 0.5) is 0 Å². The summed E-state index contributed by atoms with van der Waals surface area (Å²) >= 11 is 3.93. The second-order valence-electron chi connectivity index (χ2n) is 2.70. The molecule has 1 atom stereocenters. The van der Waals surface area contributed by atoms with Crippen LogP contribution >= 0.6 is 12.6 Å². The Morgan fingerprint density at radius 2 is 2.00 bits per heavy atom. The molecule has 0 spiro atoms. The molecule has 3 N–H and O–H groups in total. The Kier molecular flexibility index (Phi) is 10.6. The average Bonchev–Trinajstić information content (AvgIpc) is 1.97. The first-order chi connectivity index (χ1) is 5.18. The van der Waals surface area contributed by atoms with Gasteiger partial charge in [-0.25, -0.2) is 0 Å². The molecule has 4 heteroatoms. The van der Waals surface area contributed by atoms with Gasteiger partial charge in [0.25, 0.3) is 0 Å². The molecule has 0 heterocycles. The lowest BCUT2D eigenvalue weighted by Crippen LogP contribution is -2.12. The van der Waals surface area contributed by atoms with Crippen LogP contribution in [0, 0.1) is 0 Å². The quantitative estimate of drug-likeness (QED) is 0.497. The summed E-state index contributed by atoms with van der Waals surface area (Å²) in [5.41, 5.74) is 0. The highest BCUT2D eigenvalue weighted by atomic mass is 32.1. The fourth-order valence-electron chi connectivity index (χ4n) is 0.888. The first kappa shape index (κ1) is 14.3. The molecule has 0 aliphatic carbocycles. The van der Waals surface area contributed by atoms with Gasteiger partial charge < -0.3 is 10.6 Å². The van der Waals surface area contributed by atoms with E-state index in [1.165, 1.54) is 12.8 Å². The Labute approximate surface area is 78.9 Å². The molecule has 0 saturated carbocycles. The third-order valence-corrected chi connectivity index (χ3v) is 2.10. The molecule has 0 radical (unpaired) electrons. The van der Waals surface area contributed by atoms with E-state index in [-0.39, 0.29) is 5.48 Å². The molecule has 0 rings (SSSR count). The summed E-state index contributed by atoms with van der Waals surface area (Å²) in [6.45, 7) is 2.13. The number of rotatable bonds is 6. The highest BCUT2D eigenvalue weighted by Gasteiger charge is 2.09. The molecule has 1 unspecified atom stereocenters. The van der Waals surface area contributed by atoms with Gasteiger partial charge in [-0.2, -0.15) is 12.6 Å². The molecule has 74 valence electrons. The van der Waals surface area contributed by atoms with Gasteiger partial charge in [-0.15, -0.1) is 0 Å². The lowest BCUT2D eigenvalue weighted by molar-refractivity contribution is -0.136. The van der Waals surface area contributed by atoms with E-state index in [9.17, 15) is 4.79 Å². The van der Waals surface area contributed by atoms with Crippen molar-refractivity contribution in [2.75, 3.05) is 0 Å². The largest absolute Gasteiger partial charge is 0.480 e. The highest BCUT2D eigenvalue weighted by molar-refractivity contribution is 7.81. The SMILES string of the molecule is CCCCCCC(S)C(=O)O.O. The summed E-state index contributed by atoms with van der Waals surface area (Å²) in [7, 11) is 0. The van der Waals surface area contributed by atoms with Crippen LogP contribution in [0.5, 0.6) is 0 Å². The van der Waals surface area contributed by atoms with Gasteiger partial charge in [0.05, 0.1) is 5.25 Å². The first-order valence-corrected chi connectivity index (χ1v) is 4.61. The molecule has 0 aromatic carbocycles. The lowest BCUT2D eigenvalue weighted by atomic mass is 10.1. The minimum absolute atomic E-state index is 0. The van der Waals surface area contributed by atoms with E-state index < -0.39 is 11.2 Å². The number of hydrogen-bond donors (Lipinski definition) is 2. The van der Waals surface area contributed by atoms with Gasteiger partial charge in [0.15, 0.2) is 0 Å². The van der Waals surface area contributed by atoms with Crippen molar-refractivity contribution in [1.82, 2.24) is 0 Å². The summed E-state index contributed by atoms with van der Waals surface area (Å²) in [5, 5.41) is 8.00. The van der Waals surface area contributed by atoms with Crippen LogP contribution in [0.3, 0.4) is 0 Å². The lowest BCUT2D eigenvalue weighted by Gasteiger charge is -2.03. The molecular formula is C8H18O3S. The van der Waals surface area contributed by atoms with Gasteiger partial charge in [0.2, 0.25) is 0 Å². The summed E-state index contributed by atoms with van der Waals surface area (Å²) in [5.74, 6) is -0.801. The van der Waals surface area contributed by atoms with E-state index in [0.717, 1.165) is 12.8 Å². The van der Waals surface area contributed by atoms with E-state index in [1.807, 2.05) is 0 Å². The van der Waals surface area contributed by atoms with E-state index in [1.54, 1.807) is 0 Å². The molecule has 0 amide bonds. The number of carboxylic acid groups (broad SMARTS) is 1. The predicted molar refractivity (Wildman–Crippen MR) is 52.8 cm³/mol. The van der Waals surface area contributed by atoms with Crippen LogP contribution in [0.25, 0.3) is 0 Å². The number of carboxylic acids is 1. The van der Waals surface area contributed by atoms with Crippen LogP contribution < -0.4 is 0 Å². The maximum absolute atomic E-state index is 10.3. The topological polar surface area (TPSA) is 68.8 Å². The minimum atomic E-state index is -0.801. The van der Waals surface area contributed by atoms with E-state index in [2.05, 4.69) is 19.6 Å².